The number of aromatic hydroxyl groups is 1. The van der Waals surface area contributed by atoms with E-state index in [-0.39, 0.29) is 17.5 Å². The number of nitro groups is 1. The Kier molecular flexibility index (Phi) is 4.24. The molecule has 0 bridgehead atoms. The third-order valence-electron chi connectivity index (χ3n) is 2.90. The topological polar surface area (TPSA) is 75.4 Å². The average molecular weight is 337 g/mol. The second-order valence-electron chi connectivity index (χ2n) is 4.38. The normalized spacial score (nSPS) is 11.9. The number of anilines is 1. The van der Waals surface area contributed by atoms with Crippen LogP contribution in [0.3, 0.4) is 0 Å². The van der Waals surface area contributed by atoms with Crippen LogP contribution in [0.2, 0.25) is 0 Å². The van der Waals surface area contributed by atoms with E-state index in [1.165, 1.54) is 12.1 Å². The van der Waals surface area contributed by atoms with E-state index in [2.05, 4.69) is 21.2 Å². The molecule has 0 saturated carbocycles. The molecule has 2 rings (SSSR count). The summed E-state index contributed by atoms with van der Waals surface area (Å²) in [6.07, 6.45) is 0. The molecule has 0 fully saturated rings. The lowest BCUT2D eigenvalue weighted by Gasteiger charge is -2.16. The maximum Gasteiger partial charge on any atom is 0.296 e. The minimum absolute atomic E-state index is 0.101. The molecule has 2 aromatic rings. The number of nitrogens with zero attached hydrogens (tertiary/aromatic N) is 1. The first kappa shape index (κ1) is 14.3. The summed E-state index contributed by atoms with van der Waals surface area (Å²) in [5, 5.41) is 23.4. The van der Waals surface area contributed by atoms with Gasteiger partial charge in [0.25, 0.3) is 5.69 Å². The van der Waals surface area contributed by atoms with E-state index in [0.717, 1.165) is 16.1 Å². The van der Waals surface area contributed by atoms with Crippen molar-refractivity contribution in [3.05, 3.63) is 62.6 Å². The Labute approximate surface area is 124 Å². The van der Waals surface area contributed by atoms with Gasteiger partial charge in [0, 0.05) is 10.5 Å². The summed E-state index contributed by atoms with van der Waals surface area (Å²) in [6, 6.07) is 11.7. The number of nitro benzene ring substituents is 1. The van der Waals surface area contributed by atoms with Gasteiger partial charge in [0.05, 0.1) is 11.0 Å². The Morgan fingerprint density at radius 1 is 1.30 bits per heavy atom. The number of phenols is 1. The second-order valence-corrected chi connectivity index (χ2v) is 5.30. The first-order chi connectivity index (χ1) is 9.47. The van der Waals surface area contributed by atoms with Gasteiger partial charge >= 0.3 is 0 Å². The molecule has 6 heteroatoms. The van der Waals surface area contributed by atoms with Gasteiger partial charge in [0.15, 0.2) is 0 Å². The number of hydrogen-bond acceptors (Lipinski definition) is 4. The van der Waals surface area contributed by atoms with Gasteiger partial charge in [-0.25, -0.2) is 0 Å². The molecule has 0 aliphatic carbocycles. The predicted molar refractivity (Wildman–Crippen MR) is 80.9 cm³/mol. The van der Waals surface area contributed by atoms with Crippen LogP contribution in [0.5, 0.6) is 5.75 Å². The number of nitrogens with one attached hydrogen (secondary N) is 1. The first-order valence-corrected chi connectivity index (χ1v) is 6.76. The van der Waals surface area contributed by atoms with Crippen molar-refractivity contribution >= 4 is 27.3 Å². The Balaban J connectivity index is 2.28. The zero-order valence-corrected chi connectivity index (χ0v) is 12.3. The van der Waals surface area contributed by atoms with Crippen LogP contribution in [0, 0.1) is 10.1 Å². The van der Waals surface area contributed by atoms with Gasteiger partial charge in [-0.15, -0.1) is 0 Å². The largest absolute Gasteiger partial charge is 0.508 e. The summed E-state index contributed by atoms with van der Waals surface area (Å²) in [7, 11) is 0. The van der Waals surface area contributed by atoms with Gasteiger partial charge in [0.2, 0.25) is 0 Å². The molecule has 0 spiro atoms. The van der Waals surface area contributed by atoms with Crippen LogP contribution < -0.4 is 5.32 Å². The molecule has 1 atom stereocenters. The van der Waals surface area contributed by atoms with E-state index in [4.69, 9.17) is 0 Å². The SMILES string of the molecule is CC(Nc1ccc(O)cc1[N+](=O)[O-])c1cccc(Br)c1. The number of halogens is 1. The molecule has 1 unspecified atom stereocenters. The minimum Gasteiger partial charge on any atom is -0.508 e. The first-order valence-electron chi connectivity index (χ1n) is 5.97. The van der Waals surface area contributed by atoms with E-state index in [1.807, 2.05) is 31.2 Å². The Morgan fingerprint density at radius 3 is 2.70 bits per heavy atom. The average Bonchev–Trinajstić information content (AvgIpc) is 2.40. The van der Waals surface area contributed by atoms with Crippen LogP contribution in [-0.4, -0.2) is 10.0 Å². The van der Waals surface area contributed by atoms with Crippen molar-refractivity contribution in [3.63, 3.8) is 0 Å². The fraction of sp³-hybridized carbons (Fsp3) is 0.143. The van der Waals surface area contributed by atoms with E-state index >= 15 is 0 Å². The van der Waals surface area contributed by atoms with Crippen molar-refractivity contribution in [1.82, 2.24) is 0 Å². The fourth-order valence-corrected chi connectivity index (χ4v) is 2.30. The van der Waals surface area contributed by atoms with Crippen molar-refractivity contribution < 1.29 is 10.0 Å². The zero-order chi connectivity index (χ0) is 14.7. The summed E-state index contributed by atoms with van der Waals surface area (Å²) in [5.74, 6) is -0.127. The van der Waals surface area contributed by atoms with Crippen LogP contribution in [0.25, 0.3) is 0 Å². The highest BCUT2D eigenvalue weighted by Gasteiger charge is 2.17. The Morgan fingerprint density at radius 2 is 2.05 bits per heavy atom. The highest BCUT2D eigenvalue weighted by atomic mass is 79.9. The summed E-state index contributed by atoms with van der Waals surface area (Å²) >= 11 is 3.39. The number of benzene rings is 2. The summed E-state index contributed by atoms with van der Waals surface area (Å²) in [6.45, 7) is 1.92. The molecule has 0 saturated heterocycles. The maximum atomic E-state index is 11.0. The predicted octanol–water partition coefficient (Wildman–Crippen LogP) is 4.24. The van der Waals surface area contributed by atoms with Gasteiger partial charge in [0.1, 0.15) is 11.4 Å². The number of phenolic OH excluding ortho intramolecular Hbond substituents is 1. The molecule has 2 aromatic carbocycles. The smallest absolute Gasteiger partial charge is 0.296 e. The maximum absolute atomic E-state index is 11.0. The van der Waals surface area contributed by atoms with Crippen molar-refractivity contribution in [1.29, 1.82) is 0 Å². The molecule has 20 heavy (non-hydrogen) atoms. The van der Waals surface area contributed by atoms with Crippen LogP contribution >= 0.6 is 15.9 Å². The molecule has 0 amide bonds. The Bertz CT molecular complexity index is 646. The molecule has 0 aromatic heterocycles. The molecule has 2 N–H and O–H groups in total. The molecular weight excluding hydrogens is 324 g/mol. The second kappa shape index (κ2) is 5.92. The molecule has 0 heterocycles. The van der Waals surface area contributed by atoms with Crippen LogP contribution in [-0.2, 0) is 0 Å². The van der Waals surface area contributed by atoms with Gasteiger partial charge in [-0.2, -0.15) is 0 Å². The summed E-state index contributed by atoms with van der Waals surface area (Å²) < 4.78 is 0.948. The quantitative estimate of drug-likeness (QED) is 0.497. The molecule has 5 nitrogen and oxygen atoms in total. The van der Waals surface area contributed by atoms with Crippen molar-refractivity contribution in [2.75, 3.05) is 5.32 Å². The lowest BCUT2D eigenvalue weighted by atomic mass is 10.1. The molecule has 0 aliphatic rings. The third kappa shape index (κ3) is 3.27. The number of rotatable bonds is 4. The molecule has 0 radical (unpaired) electrons. The van der Waals surface area contributed by atoms with Gasteiger partial charge in [-0.3, -0.25) is 10.1 Å². The van der Waals surface area contributed by atoms with E-state index in [9.17, 15) is 15.2 Å². The van der Waals surface area contributed by atoms with Crippen LogP contribution in [0.15, 0.2) is 46.9 Å². The lowest BCUT2D eigenvalue weighted by molar-refractivity contribution is -0.384. The minimum atomic E-state index is -0.518. The summed E-state index contributed by atoms with van der Waals surface area (Å²) in [5.41, 5.74) is 1.23. The fourth-order valence-electron chi connectivity index (χ4n) is 1.89. The van der Waals surface area contributed by atoms with Crippen LogP contribution in [0.4, 0.5) is 11.4 Å². The lowest BCUT2D eigenvalue weighted by Crippen LogP contribution is -2.08. The standard InChI is InChI=1S/C14H13BrN2O3/c1-9(10-3-2-4-11(15)7-10)16-13-6-5-12(18)8-14(13)17(19)20/h2-9,16,18H,1H3. The Hall–Kier alpha value is -2.08. The van der Waals surface area contributed by atoms with E-state index in [0.29, 0.717) is 5.69 Å². The highest BCUT2D eigenvalue weighted by Crippen LogP contribution is 2.31. The zero-order valence-electron chi connectivity index (χ0n) is 10.7. The molecule has 104 valence electrons. The van der Waals surface area contributed by atoms with E-state index < -0.39 is 4.92 Å². The summed E-state index contributed by atoms with van der Waals surface area (Å²) in [4.78, 5) is 10.5. The molecule has 0 aliphatic heterocycles. The van der Waals surface area contributed by atoms with Crippen molar-refractivity contribution in [3.8, 4) is 5.75 Å². The molecular formula is C14H13BrN2O3. The van der Waals surface area contributed by atoms with E-state index in [1.54, 1.807) is 0 Å². The van der Waals surface area contributed by atoms with Crippen molar-refractivity contribution in [2.24, 2.45) is 0 Å². The third-order valence-corrected chi connectivity index (χ3v) is 3.39. The van der Waals surface area contributed by atoms with Crippen molar-refractivity contribution in [2.45, 2.75) is 13.0 Å². The van der Waals surface area contributed by atoms with Gasteiger partial charge in [-0.1, -0.05) is 28.1 Å². The van der Waals surface area contributed by atoms with Crippen LogP contribution in [0.1, 0.15) is 18.5 Å². The number of hydrogen-bond donors (Lipinski definition) is 2. The van der Waals surface area contributed by atoms with Gasteiger partial charge in [-0.05, 0) is 36.8 Å². The van der Waals surface area contributed by atoms with Gasteiger partial charge < -0.3 is 10.4 Å². The monoisotopic (exact) mass is 336 g/mol. The highest BCUT2D eigenvalue weighted by molar-refractivity contribution is 9.10.